The van der Waals surface area contributed by atoms with Gasteiger partial charge in [-0.15, -0.1) is 13.2 Å². The lowest BCUT2D eigenvalue weighted by molar-refractivity contribution is 0.177. The first-order valence-corrected chi connectivity index (χ1v) is 4.93. The van der Waals surface area contributed by atoms with Gasteiger partial charge < -0.3 is 10.2 Å². The van der Waals surface area contributed by atoms with Crippen LogP contribution in [0.2, 0.25) is 0 Å². The molecule has 0 heterocycles. The smallest absolute Gasteiger partial charge is 0.0608 e. The van der Waals surface area contributed by atoms with Crippen molar-refractivity contribution in [1.29, 1.82) is 0 Å². The highest BCUT2D eigenvalue weighted by atomic mass is 16.3. The molecule has 2 unspecified atom stereocenters. The average Bonchev–Trinajstić information content (AvgIpc) is 2.13. The van der Waals surface area contributed by atoms with Gasteiger partial charge >= 0.3 is 0 Å². The second-order valence-corrected chi connectivity index (χ2v) is 3.30. The van der Waals surface area contributed by atoms with E-state index in [1.807, 2.05) is 12.2 Å². The number of hydrogen-bond donors (Lipinski definition) is 2. The van der Waals surface area contributed by atoms with Crippen LogP contribution >= 0.6 is 0 Å². The molecule has 0 aliphatic heterocycles. The molecular weight excluding hydrogens is 176 g/mol. The molecule has 0 radical (unpaired) electrons. The van der Waals surface area contributed by atoms with Gasteiger partial charge in [-0.3, -0.25) is 0 Å². The third-order valence-electron chi connectivity index (χ3n) is 1.86. The van der Waals surface area contributed by atoms with Gasteiger partial charge in [0.15, 0.2) is 0 Å². The molecule has 0 rings (SSSR count). The van der Waals surface area contributed by atoms with Crippen LogP contribution in [0.4, 0.5) is 0 Å². The van der Waals surface area contributed by atoms with E-state index in [2.05, 4.69) is 13.2 Å². The quantitative estimate of drug-likeness (QED) is 0.584. The molecular formula is C12H20O2. The Labute approximate surface area is 86.3 Å². The Balaban J connectivity index is 3.52. The Morgan fingerprint density at radius 1 is 0.786 bits per heavy atom. The van der Waals surface area contributed by atoms with Gasteiger partial charge in [0.1, 0.15) is 0 Å². The van der Waals surface area contributed by atoms with Crippen molar-refractivity contribution in [2.75, 3.05) is 0 Å². The monoisotopic (exact) mass is 196 g/mol. The maximum atomic E-state index is 9.32. The predicted molar refractivity (Wildman–Crippen MR) is 60.0 cm³/mol. The molecule has 0 bridgehead atoms. The van der Waals surface area contributed by atoms with E-state index in [9.17, 15) is 10.2 Å². The first-order valence-electron chi connectivity index (χ1n) is 4.93. The summed E-state index contributed by atoms with van der Waals surface area (Å²) in [5, 5.41) is 18.6. The summed E-state index contributed by atoms with van der Waals surface area (Å²) in [7, 11) is 0. The standard InChI is InChI=1S/C12H20O2/c1-3-7-11(13)9-5-6-10-12(14)8-4-2/h3-6,11-14H,1-2,7-10H2/b6-5-. The Kier molecular flexibility index (Phi) is 8.19. The third kappa shape index (κ3) is 7.77. The van der Waals surface area contributed by atoms with E-state index >= 15 is 0 Å². The Morgan fingerprint density at radius 2 is 1.14 bits per heavy atom. The summed E-state index contributed by atoms with van der Waals surface area (Å²) in [5.41, 5.74) is 0. The topological polar surface area (TPSA) is 40.5 Å². The van der Waals surface area contributed by atoms with Gasteiger partial charge in [-0.25, -0.2) is 0 Å². The largest absolute Gasteiger partial charge is 0.392 e. The van der Waals surface area contributed by atoms with Crippen LogP contribution in [0, 0.1) is 0 Å². The Hall–Kier alpha value is -0.860. The molecule has 80 valence electrons. The molecule has 0 aromatic heterocycles. The molecule has 0 fully saturated rings. The molecule has 2 heteroatoms. The highest BCUT2D eigenvalue weighted by molar-refractivity contribution is 4.89. The Morgan fingerprint density at radius 3 is 1.43 bits per heavy atom. The second-order valence-electron chi connectivity index (χ2n) is 3.30. The van der Waals surface area contributed by atoms with E-state index < -0.39 is 0 Å². The summed E-state index contributed by atoms with van der Waals surface area (Å²) in [6, 6.07) is 0. The zero-order valence-corrected chi connectivity index (χ0v) is 8.60. The molecule has 0 amide bonds. The molecule has 2 N–H and O–H groups in total. The molecule has 0 aromatic rings. The van der Waals surface area contributed by atoms with E-state index in [-0.39, 0.29) is 12.2 Å². The fraction of sp³-hybridized carbons (Fsp3) is 0.500. The van der Waals surface area contributed by atoms with Crippen molar-refractivity contribution >= 4 is 0 Å². The molecule has 0 aliphatic rings. The SMILES string of the molecule is C=CCC(O)C/C=C\CC(O)CC=C. The predicted octanol–water partition coefficient (Wildman–Crippen LogP) is 2.20. The van der Waals surface area contributed by atoms with E-state index in [1.54, 1.807) is 12.2 Å². The van der Waals surface area contributed by atoms with E-state index in [0.717, 1.165) is 0 Å². The summed E-state index contributed by atoms with van der Waals surface area (Å²) < 4.78 is 0. The van der Waals surface area contributed by atoms with Gasteiger partial charge in [0, 0.05) is 0 Å². The molecule has 0 spiro atoms. The van der Waals surface area contributed by atoms with Crippen molar-refractivity contribution in [2.45, 2.75) is 37.9 Å². The fourth-order valence-electron chi connectivity index (χ4n) is 1.08. The van der Waals surface area contributed by atoms with Crippen LogP contribution in [0.1, 0.15) is 25.7 Å². The van der Waals surface area contributed by atoms with Crippen LogP contribution in [0.3, 0.4) is 0 Å². The maximum absolute atomic E-state index is 9.32. The van der Waals surface area contributed by atoms with Crippen LogP contribution < -0.4 is 0 Å². The van der Waals surface area contributed by atoms with Crippen LogP contribution in [0.25, 0.3) is 0 Å². The summed E-state index contributed by atoms with van der Waals surface area (Å²) in [6.07, 6.45) is 8.94. The van der Waals surface area contributed by atoms with Crippen LogP contribution in [-0.4, -0.2) is 22.4 Å². The second kappa shape index (κ2) is 8.73. The van der Waals surface area contributed by atoms with Crippen LogP contribution in [0.15, 0.2) is 37.5 Å². The van der Waals surface area contributed by atoms with Crippen molar-refractivity contribution in [3.63, 3.8) is 0 Å². The van der Waals surface area contributed by atoms with E-state index in [0.29, 0.717) is 25.7 Å². The first kappa shape index (κ1) is 13.1. The van der Waals surface area contributed by atoms with E-state index in [1.165, 1.54) is 0 Å². The maximum Gasteiger partial charge on any atom is 0.0608 e. The van der Waals surface area contributed by atoms with Crippen molar-refractivity contribution in [3.8, 4) is 0 Å². The Bertz CT molecular complexity index is 165. The molecule has 0 saturated heterocycles. The lowest BCUT2D eigenvalue weighted by atomic mass is 10.1. The van der Waals surface area contributed by atoms with Crippen molar-refractivity contribution < 1.29 is 10.2 Å². The van der Waals surface area contributed by atoms with Gasteiger partial charge in [0.25, 0.3) is 0 Å². The molecule has 0 aliphatic carbocycles. The lowest BCUT2D eigenvalue weighted by Gasteiger charge is -2.04. The van der Waals surface area contributed by atoms with Gasteiger partial charge in [-0.2, -0.15) is 0 Å². The molecule has 14 heavy (non-hydrogen) atoms. The number of aliphatic hydroxyl groups is 2. The molecule has 2 atom stereocenters. The van der Waals surface area contributed by atoms with Crippen molar-refractivity contribution in [3.05, 3.63) is 37.5 Å². The highest BCUT2D eigenvalue weighted by Gasteiger charge is 1.99. The molecule has 2 nitrogen and oxygen atoms in total. The van der Waals surface area contributed by atoms with Gasteiger partial charge in [-0.05, 0) is 25.7 Å². The summed E-state index contributed by atoms with van der Waals surface area (Å²) >= 11 is 0. The van der Waals surface area contributed by atoms with E-state index in [4.69, 9.17) is 0 Å². The van der Waals surface area contributed by atoms with Gasteiger partial charge in [-0.1, -0.05) is 24.3 Å². The average molecular weight is 196 g/mol. The van der Waals surface area contributed by atoms with Crippen LogP contribution in [-0.2, 0) is 0 Å². The van der Waals surface area contributed by atoms with Crippen molar-refractivity contribution in [2.24, 2.45) is 0 Å². The minimum absolute atomic E-state index is 0.347. The highest BCUT2D eigenvalue weighted by Crippen LogP contribution is 2.03. The van der Waals surface area contributed by atoms with Gasteiger partial charge in [0.2, 0.25) is 0 Å². The number of hydrogen-bond acceptors (Lipinski definition) is 2. The zero-order chi connectivity index (χ0) is 10.8. The van der Waals surface area contributed by atoms with Gasteiger partial charge in [0.05, 0.1) is 12.2 Å². The summed E-state index contributed by atoms with van der Waals surface area (Å²) in [6.45, 7) is 7.09. The third-order valence-corrected chi connectivity index (χ3v) is 1.86. The van der Waals surface area contributed by atoms with Crippen LogP contribution in [0.5, 0.6) is 0 Å². The molecule has 0 saturated carbocycles. The number of aliphatic hydroxyl groups excluding tert-OH is 2. The zero-order valence-electron chi connectivity index (χ0n) is 8.60. The molecule has 0 aromatic carbocycles. The first-order chi connectivity index (χ1) is 6.70. The fourth-order valence-corrected chi connectivity index (χ4v) is 1.08. The number of rotatable bonds is 8. The summed E-state index contributed by atoms with van der Waals surface area (Å²) in [5.74, 6) is 0. The lowest BCUT2D eigenvalue weighted by Crippen LogP contribution is -2.04. The summed E-state index contributed by atoms with van der Waals surface area (Å²) in [4.78, 5) is 0. The van der Waals surface area contributed by atoms with Crippen molar-refractivity contribution in [1.82, 2.24) is 0 Å². The minimum Gasteiger partial charge on any atom is -0.392 e. The normalized spacial score (nSPS) is 15.3. The minimum atomic E-state index is -0.347.